The third-order valence-corrected chi connectivity index (χ3v) is 8.04. The number of anilines is 1. The van der Waals surface area contributed by atoms with Crippen LogP contribution in [-0.2, 0) is 16.0 Å². The maximum atomic E-state index is 11.5. The summed E-state index contributed by atoms with van der Waals surface area (Å²) in [5.74, 6) is 1.21. The number of fused-ring (bicyclic) bond motifs is 6. The molecule has 1 aromatic rings. The number of carbonyl (C=O) groups excluding carboxylic acids is 1. The fraction of sp³-hybridized carbons (Fsp3) is 0.600. The predicted molar refractivity (Wildman–Crippen MR) is 127 cm³/mol. The van der Waals surface area contributed by atoms with E-state index in [0.29, 0.717) is 18.4 Å². The number of carbonyl (C=O) groups is 1. The van der Waals surface area contributed by atoms with Gasteiger partial charge in [-0.3, -0.25) is 9.69 Å². The van der Waals surface area contributed by atoms with Crippen molar-refractivity contribution in [1.29, 1.82) is 0 Å². The van der Waals surface area contributed by atoms with Crippen molar-refractivity contribution in [2.45, 2.75) is 57.0 Å². The molecule has 5 nitrogen and oxygen atoms in total. The Balaban J connectivity index is 1.29. The molecule has 1 aliphatic carbocycles. The molecule has 0 radical (unpaired) electrons. The highest BCUT2D eigenvalue weighted by molar-refractivity contribution is 7.80. The summed E-state index contributed by atoms with van der Waals surface area (Å²) < 4.78 is 4.75. The van der Waals surface area contributed by atoms with Gasteiger partial charge in [0.25, 0.3) is 0 Å². The van der Waals surface area contributed by atoms with Gasteiger partial charge in [0, 0.05) is 24.8 Å². The van der Waals surface area contributed by atoms with Gasteiger partial charge in [0.15, 0.2) is 5.11 Å². The number of piperidine rings is 3. The van der Waals surface area contributed by atoms with Crippen molar-refractivity contribution in [2.75, 3.05) is 32.1 Å². The van der Waals surface area contributed by atoms with Gasteiger partial charge in [-0.25, -0.2) is 0 Å². The largest absolute Gasteiger partial charge is 0.469 e. The Morgan fingerprint density at radius 3 is 2.84 bits per heavy atom. The summed E-state index contributed by atoms with van der Waals surface area (Å²) in [6.45, 7) is 3.53. The fourth-order valence-electron chi connectivity index (χ4n) is 6.34. The molecular formula is C25H33N3O2S. The molecule has 3 fully saturated rings. The van der Waals surface area contributed by atoms with Crippen molar-refractivity contribution < 1.29 is 9.53 Å². The second-order valence-corrected chi connectivity index (χ2v) is 9.97. The second-order valence-electron chi connectivity index (χ2n) is 9.58. The molecule has 3 saturated heterocycles. The number of thiocarbonyl (C=S) groups is 1. The van der Waals surface area contributed by atoms with E-state index in [1.807, 2.05) is 24.3 Å². The lowest BCUT2D eigenvalue weighted by atomic mass is 9.68. The molecule has 4 unspecified atom stereocenters. The molecule has 2 bridgehead atoms. The number of nitrogens with zero attached hydrogens (tertiary/aromatic N) is 2. The molecule has 3 heterocycles. The van der Waals surface area contributed by atoms with Gasteiger partial charge in [-0.05, 0) is 80.4 Å². The first-order valence-corrected chi connectivity index (χ1v) is 12.2. The number of ether oxygens (including phenoxy) is 1. The number of rotatable bonds is 3. The van der Waals surface area contributed by atoms with Gasteiger partial charge < -0.3 is 15.0 Å². The van der Waals surface area contributed by atoms with Crippen molar-refractivity contribution in [1.82, 2.24) is 9.80 Å². The Morgan fingerprint density at radius 2 is 2.03 bits per heavy atom. The second kappa shape index (κ2) is 8.91. The molecule has 0 saturated carbocycles. The van der Waals surface area contributed by atoms with E-state index >= 15 is 0 Å². The van der Waals surface area contributed by atoms with E-state index in [-0.39, 0.29) is 5.97 Å². The molecule has 0 aromatic heterocycles. The summed E-state index contributed by atoms with van der Waals surface area (Å²) in [6.07, 6.45) is 10.8. The quantitative estimate of drug-likeness (QED) is 0.436. The van der Waals surface area contributed by atoms with Crippen LogP contribution in [0.2, 0.25) is 0 Å². The van der Waals surface area contributed by atoms with Gasteiger partial charge in [-0.1, -0.05) is 30.2 Å². The number of esters is 1. The van der Waals surface area contributed by atoms with E-state index in [1.165, 1.54) is 58.7 Å². The van der Waals surface area contributed by atoms with Crippen molar-refractivity contribution in [3.8, 4) is 0 Å². The number of methoxy groups -OCH3 is 1. The summed E-state index contributed by atoms with van der Waals surface area (Å²) in [5, 5.41) is 4.30. The lowest BCUT2D eigenvalue weighted by Gasteiger charge is -2.55. The first-order chi connectivity index (χ1) is 15.1. The van der Waals surface area contributed by atoms with Crippen LogP contribution in [0.15, 0.2) is 35.9 Å². The summed E-state index contributed by atoms with van der Waals surface area (Å²) in [5.41, 5.74) is 3.56. The number of likely N-dealkylation sites (tertiary alicyclic amines) is 1. The Bertz CT molecular complexity index is 868. The first-order valence-electron chi connectivity index (χ1n) is 11.8. The molecule has 6 heteroatoms. The molecule has 4 aliphatic rings. The van der Waals surface area contributed by atoms with E-state index in [9.17, 15) is 4.79 Å². The number of benzene rings is 1. The van der Waals surface area contributed by atoms with Crippen LogP contribution in [0.25, 0.3) is 0 Å². The maximum Gasteiger partial charge on any atom is 0.309 e. The number of hydrogen-bond acceptors (Lipinski definition) is 4. The van der Waals surface area contributed by atoms with Gasteiger partial charge in [0.05, 0.1) is 19.6 Å². The molecule has 1 aromatic carbocycles. The van der Waals surface area contributed by atoms with Crippen molar-refractivity contribution in [3.63, 3.8) is 0 Å². The highest BCUT2D eigenvalue weighted by Gasteiger charge is 2.46. The average molecular weight is 440 g/mol. The van der Waals surface area contributed by atoms with Gasteiger partial charge >= 0.3 is 5.97 Å². The normalized spacial score (nSPS) is 30.0. The number of nitrogens with one attached hydrogen (secondary N) is 1. The van der Waals surface area contributed by atoms with Crippen LogP contribution >= 0.6 is 12.2 Å². The minimum Gasteiger partial charge on any atom is -0.469 e. The van der Waals surface area contributed by atoms with E-state index < -0.39 is 0 Å². The van der Waals surface area contributed by atoms with Crippen LogP contribution in [0.4, 0.5) is 5.69 Å². The molecular weight excluding hydrogens is 406 g/mol. The minimum absolute atomic E-state index is 0.220. The van der Waals surface area contributed by atoms with Crippen LogP contribution in [0, 0.1) is 11.8 Å². The van der Waals surface area contributed by atoms with Crippen molar-refractivity contribution in [2.24, 2.45) is 11.8 Å². The predicted octanol–water partition coefficient (Wildman–Crippen LogP) is 3.99. The maximum absolute atomic E-state index is 11.5. The smallest absolute Gasteiger partial charge is 0.309 e. The Kier molecular flexibility index (Phi) is 6.02. The third kappa shape index (κ3) is 4.24. The van der Waals surface area contributed by atoms with Gasteiger partial charge in [-0.2, -0.15) is 0 Å². The molecule has 0 amide bonds. The standard InChI is InChI=1S/C25H33N3O2S/c1-30-23(29)13-17-7-9-21(10-8-17)26-25(31)28-12-4-5-18-14-19-15-20(24(18)28)16-27-11-3-2-6-22(19)27/h7-10,14,19-20,22,24H,2-6,11-13,15-16H2,1H3,(H,26,31). The first kappa shape index (κ1) is 21.0. The topological polar surface area (TPSA) is 44.8 Å². The lowest BCUT2D eigenvalue weighted by Crippen LogP contribution is -2.60. The van der Waals surface area contributed by atoms with Gasteiger partial charge in [0.2, 0.25) is 0 Å². The molecule has 3 aliphatic heterocycles. The van der Waals surface area contributed by atoms with Crippen LogP contribution < -0.4 is 5.32 Å². The van der Waals surface area contributed by atoms with Gasteiger partial charge in [0.1, 0.15) is 0 Å². The summed E-state index contributed by atoms with van der Waals surface area (Å²) >= 11 is 5.91. The molecule has 31 heavy (non-hydrogen) atoms. The molecule has 166 valence electrons. The molecule has 4 atom stereocenters. The monoisotopic (exact) mass is 439 g/mol. The van der Waals surface area contributed by atoms with Crippen LogP contribution in [0.5, 0.6) is 0 Å². The molecule has 0 spiro atoms. The van der Waals surface area contributed by atoms with Crippen molar-refractivity contribution >= 4 is 29.0 Å². The van der Waals surface area contributed by atoms with E-state index in [4.69, 9.17) is 17.0 Å². The zero-order valence-electron chi connectivity index (χ0n) is 18.4. The lowest BCUT2D eigenvalue weighted by molar-refractivity contribution is -0.139. The Labute approximate surface area is 190 Å². The van der Waals surface area contributed by atoms with E-state index in [1.54, 1.807) is 5.57 Å². The van der Waals surface area contributed by atoms with Gasteiger partial charge in [-0.15, -0.1) is 0 Å². The summed E-state index contributed by atoms with van der Waals surface area (Å²) in [7, 11) is 1.42. The highest BCUT2D eigenvalue weighted by Crippen LogP contribution is 2.45. The zero-order valence-corrected chi connectivity index (χ0v) is 19.2. The molecule has 1 N–H and O–H groups in total. The van der Waals surface area contributed by atoms with E-state index in [2.05, 4.69) is 21.2 Å². The summed E-state index contributed by atoms with van der Waals surface area (Å²) in [6, 6.07) is 9.16. The SMILES string of the molecule is COC(=O)Cc1ccc(NC(=S)N2CCCC3=CC4CC(CN5CCCCC45)C32)cc1. The van der Waals surface area contributed by atoms with Crippen LogP contribution in [0.1, 0.15) is 44.1 Å². The van der Waals surface area contributed by atoms with Crippen molar-refractivity contribution in [3.05, 3.63) is 41.5 Å². The van der Waals surface area contributed by atoms with Crippen LogP contribution in [-0.4, -0.2) is 59.7 Å². The highest BCUT2D eigenvalue weighted by atomic mass is 32.1. The molecule has 5 rings (SSSR count). The summed E-state index contributed by atoms with van der Waals surface area (Å²) in [4.78, 5) is 16.7. The van der Waals surface area contributed by atoms with E-state index in [0.717, 1.165) is 34.9 Å². The van der Waals surface area contributed by atoms with Crippen LogP contribution in [0.3, 0.4) is 0 Å². The fourth-order valence-corrected chi connectivity index (χ4v) is 6.66. The third-order valence-electron chi connectivity index (χ3n) is 7.70. The number of hydrogen-bond donors (Lipinski definition) is 1. The zero-order chi connectivity index (χ0) is 21.4. The minimum atomic E-state index is -0.220. The Hall–Kier alpha value is -1.92. The average Bonchev–Trinajstić information content (AvgIpc) is 2.80. The Morgan fingerprint density at radius 1 is 1.19 bits per heavy atom.